The number of rotatable bonds is 3. The second-order valence-electron chi connectivity index (χ2n) is 8.26. The number of benzene rings is 1. The molecule has 1 aromatic carbocycles. The van der Waals surface area contributed by atoms with Crippen molar-refractivity contribution in [3.63, 3.8) is 0 Å². The van der Waals surface area contributed by atoms with E-state index in [2.05, 4.69) is 0 Å². The summed E-state index contributed by atoms with van der Waals surface area (Å²) in [6, 6.07) is 3.31. The number of hydrogen-bond donors (Lipinski definition) is 1. The van der Waals surface area contributed by atoms with Crippen molar-refractivity contribution < 1.29 is 23.8 Å². The molecular weight excluding hydrogens is 361 g/mol. The van der Waals surface area contributed by atoms with Crippen LogP contribution in [0.15, 0.2) is 18.2 Å². The first-order valence-corrected chi connectivity index (χ1v) is 8.91. The highest BCUT2D eigenvalue weighted by molar-refractivity contribution is 6.30. The van der Waals surface area contributed by atoms with Gasteiger partial charge in [0.1, 0.15) is 17.3 Å². The first-order chi connectivity index (χ1) is 11.8. The number of aliphatic carboxylic acids is 1. The summed E-state index contributed by atoms with van der Waals surface area (Å²) in [6.07, 6.45) is 0.537. The van der Waals surface area contributed by atoms with E-state index in [-0.39, 0.29) is 10.6 Å². The average molecular weight is 386 g/mol. The lowest BCUT2D eigenvalue weighted by Gasteiger charge is -2.39. The molecule has 7 heteroatoms. The molecule has 0 aromatic heterocycles. The Morgan fingerprint density at radius 1 is 1.38 bits per heavy atom. The third-order valence-corrected chi connectivity index (χ3v) is 4.89. The summed E-state index contributed by atoms with van der Waals surface area (Å²) in [7, 11) is 0. The molecule has 2 unspecified atom stereocenters. The van der Waals surface area contributed by atoms with Crippen molar-refractivity contribution in [1.29, 1.82) is 0 Å². The van der Waals surface area contributed by atoms with Crippen LogP contribution in [0, 0.1) is 5.82 Å². The van der Waals surface area contributed by atoms with Crippen molar-refractivity contribution in [3.8, 4) is 0 Å². The van der Waals surface area contributed by atoms with Crippen molar-refractivity contribution in [2.24, 2.45) is 0 Å². The number of carbonyl (C=O) groups excluding carboxylic acids is 1. The number of ether oxygens (including phenoxy) is 1. The highest BCUT2D eigenvalue weighted by atomic mass is 35.5. The van der Waals surface area contributed by atoms with Crippen molar-refractivity contribution in [1.82, 2.24) is 4.90 Å². The topological polar surface area (TPSA) is 66.8 Å². The molecule has 1 amide bonds. The number of amides is 1. The minimum atomic E-state index is -1.12. The fourth-order valence-electron chi connectivity index (χ4n) is 3.44. The third kappa shape index (κ3) is 4.29. The molecule has 0 spiro atoms. The Hall–Kier alpha value is -1.82. The monoisotopic (exact) mass is 385 g/mol. The summed E-state index contributed by atoms with van der Waals surface area (Å²) in [4.78, 5) is 26.3. The smallest absolute Gasteiger partial charge is 0.411 e. The molecule has 2 rings (SSSR count). The molecule has 1 aliphatic heterocycles. The van der Waals surface area contributed by atoms with Gasteiger partial charge in [0, 0.05) is 5.54 Å². The molecule has 5 nitrogen and oxygen atoms in total. The van der Waals surface area contributed by atoms with Gasteiger partial charge in [-0.3, -0.25) is 9.69 Å². The van der Waals surface area contributed by atoms with Gasteiger partial charge in [0.25, 0.3) is 0 Å². The molecule has 2 atom stereocenters. The maximum Gasteiger partial charge on any atom is 0.411 e. The van der Waals surface area contributed by atoms with Crippen molar-refractivity contribution in [2.45, 2.75) is 70.6 Å². The molecule has 1 fully saturated rings. The van der Waals surface area contributed by atoms with Crippen LogP contribution < -0.4 is 0 Å². The van der Waals surface area contributed by atoms with E-state index in [9.17, 15) is 19.1 Å². The van der Waals surface area contributed by atoms with E-state index < -0.39 is 41.0 Å². The molecule has 144 valence electrons. The number of carbonyl (C=O) groups is 2. The molecule has 26 heavy (non-hydrogen) atoms. The van der Waals surface area contributed by atoms with Gasteiger partial charge in [-0.25, -0.2) is 9.18 Å². The molecular formula is C19H25ClFNO4. The number of hydrogen-bond acceptors (Lipinski definition) is 3. The third-order valence-electron chi connectivity index (χ3n) is 4.58. The van der Waals surface area contributed by atoms with E-state index in [0.29, 0.717) is 12.8 Å². The Balaban J connectivity index is 2.44. The van der Waals surface area contributed by atoms with Gasteiger partial charge in [-0.05, 0) is 65.2 Å². The van der Waals surface area contributed by atoms with E-state index >= 15 is 0 Å². The summed E-state index contributed by atoms with van der Waals surface area (Å²) >= 11 is 5.71. The van der Waals surface area contributed by atoms with Gasteiger partial charge in [-0.15, -0.1) is 0 Å². The Morgan fingerprint density at radius 3 is 2.50 bits per heavy atom. The highest BCUT2D eigenvalue weighted by Gasteiger charge is 2.49. The number of carboxylic acids is 1. The second-order valence-corrected chi connectivity index (χ2v) is 8.67. The molecule has 0 aliphatic carbocycles. The first-order valence-electron chi connectivity index (χ1n) is 8.53. The quantitative estimate of drug-likeness (QED) is 0.809. The minimum Gasteiger partial charge on any atom is -0.481 e. The van der Waals surface area contributed by atoms with Crippen LogP contribution in [-0.4, -0.2) is 39.3 Å². The van der Waals surface area contributed by atoms with Crippen LogP contribution in [0.5, 0.6) is 0 Å². The van der Waals surface area contributed by atoms with Crippen LogP contribution in [-0.2, 0) is 9.53 Å². The van der Waals surface area contributed by atoms with Gasteiger partial charge in [0.05, 0.1) is 11.1 Å². The second kappa shape index (κ2) is 7.06. The average Bonchev–Trinajstić information content (AvgIpc) is 2.76. The Morgan fingerprint density at radius 2 is 2.00 bits per heavy atom. The maximum atomic E-state index is 13.9. The number of nitrogens with zero attached hydrogens (tertiary/aromatic N) is 1. The van der Waals surface area contributed by atoms with Crippen LogP contribution in [0.3, 0.4) is 0 Å². The first kappa shape index (κ1) is 20.5. The van der Waals surface area contributed by atoms with Crippen LogP contribution in [0.25, 0.3) is 0 Å². The van der Waals surface area contributed by atoms with Crippen LogP contribution in [0.1, 0.15) is 58.9 Å². The fourth-order valence-corrected chi connectivity index (χ4v) is 3.56. The predicted octanol–water partition coefficient (Wildman–Crippen LogP) is 4.83. The van der Waals surface area contributed by atoms with Gasteiger partial charge >= 0.3 is 12.1 Å². The predicted molar refractivity (Wildman–Crippen MR) is 97.0 cm³/mol. The van der Waals surface area contributed by atoms with E-state index in [0.717, 1.165) is 6.07 Å². The van der Waals surface area contributed by atoms with Crippen LogP contribution in [0.4, 0.5) is 9.18 Å². The lowest BCUT2D eigenvalue weighted by Crippen LogP contribution is -2.51. The zero-order valence-electron chi connectivity index (χ0n) is 15.7. The van der Waals surface area contributed by atoms with Gasteiger partial charge in [-0.2, -0.15) is 0 Å². The molecule has 1 N–H and O–H groups in total. The summed E-state index contributed by atoms with van der Waals surface area (Å²) in [5.41, 5.74) is -0.993. The molecule has 0 saturated carbocycles. The normalized spacial score (nSPS) is 20.7. The number of carboxylic acid groups (broad SMARTS) is 1. The Kier molecular flexibility index (Phi) is 5.57. The van der Waals surface area contributed by atoms with Crippen molar-refractivity contribution in [3.05, 3.63) is 34.6 Å². The highest BCUT2D eigenvalue weighted by Crippen LogP contribution is 2.41. The molecule has 1 heterocycles. The van der Waals surface area contributed by atoms with Gasteiger partial charge in [-0.1, -0.05) is 17.7 Å². The molecule has 1 saturated heterocycles. The molecule has 1 aliphatic rings. The standard InChI is InChI=1S/C19H25ClFNO4/c1-18(2,3)26-17(25)22-14(8-9-19(22,4)5)15(16(23)24)11-6-7-12(20)13(21)10-11/h6-7,10,14-15H,8-9H2,1-5H3,(H,23,24). The van der Waals surface area contributed by atoms with E-state index in [1.165, 1.54) is 17.0 Å². The molecule has 0 radical (unpaired) electrons. The largest absolute Gasteiger partial charge is 0.481 e. The fraction of sp³-hybridized carbons (Fsp3) is 0.579. The molecule has 1 aromatic rings. The Bertz CT molecular complexity index is 714. The van der Waals surface area contributed by atoms with Gasteiger partial charge < -0.3 is 9.84 Å². The van der Waals surface area contributed by atoms with E-state index in [1.54, 1.807) is 20.8 Å². The van der Waals surface area contributed by atoms with Gasteiger partial charge in [0.2, 0.25) is 0 Å². The summed E-state index contributed by atoms with van der Waals surface area (Å²) in [5.74, 6) is -2.88. The summed E-state index contributed by atoms with van der Waals surface area (Å²) in [6.45, 7) is 9.02. The minimum absolute atomic E-state index is 0.0753. The van der Waals surface area contributed by atoms with Crippen molar-refractivity contribution in [2.75, 3.05) is 0 Å². The summed E-state index contributed by atoms with van der Waals surface area (Å²) in [5, 5.41) is 9.74. The zero-order valence-corrected chi connectivity index (χ0v) is 16.4. The number of halogens is 2. The van der Waals surface area contributed by atoms with E-state index in [4.69, 9.17) is 16.3 Å². The van der Waals surface area contributed by atoms with Gasteiger partial charge in [0.15, 0.2) is 0 Å². The Labute approximate surface area is 158 Å². The lowest BCUT2D eigenvalue weighted by molar-refractivity contribution is -0.140. The SMILES string of the molecule is CC(C)(C)OC(=O)N1C(C(C(=O)O)c2ccc(Cl)c(F)c2)CCC1(C)C. The summed E-state index contributed by atoms with van der Waals surface area (Å²) < 4.78 is 19.4. The number of likely N-dealkylation sites (tertiary alicyclic amines) is 1. The van der Waals surface area contributed by atoms with Crippen LogP contribution in [0.2, 0.25) is 5.02 Å². The zero-order chi connectivity index (χ0) is 19.9. The van der Waals surface area contributed by atoms with Crippen molar-refractivity contribution >= 4 is 23.7 Å². The maximum absolute atomic E-state index is 13.9. The van der Waals surface area contributed by atoms with Crippen LogP contribution >= 0.6 is 11.6 Å². The lowest BCUT2D eigenvalue weighted by atomic mass is 9.90. The van der Waals surface area contributed by atoms with E-state index in [1.807, 2.05) is 13.8 Å². The molecule has 0 bridgehead atoms.